The van der Waals surface area contributed by atoms with Gasteiger partial charge in [-0.2, -0.15) is 5.26 Å². The maximum absolute atomic E-state index is 11.6. The third-order valence-electron chi connectivity index (χ3n) is 1.84. The highest BCUT2D eigenvalue weighted by Gasteiger charge is 2.16. The van der Waals surface area contributed by atoms with E-state index in [2.05, 4.69) is 4.98 Å². The zero-order valence-electron chi connectivity index (χ0n) is 8.51. The van der Waals surface area contributed by atoms with Gasteiger partial charge >= 0.3 is 0 Å². The van der Waals surface area contributed by atoms with E-state index in [1.165, 1.54) is 26.4 Å². The van der Waals surface area contributed by atoms with Crippen molar-refractivity contribution in [3.63, 3.8) is 0 Å². The molecule has 0 spiro atoms. The molecule has 0 amide bonds. The van der Waals surface area contributed by atoms with Crippen LogP contribution in [0.2, 0.25) is 0 Å². The maximum Gasteiger partial charge on any atom is 0.244 e. The van der Waals surface area contributed by atoms with E-state index in [4.69, 9.17) is 5.26 Å². The fourth-order valence-corrected chi connectivity index (χ4v) is 1.81. The Kier molecular flexibility index (Phi) is 3.39. The Balaban J connectivity index is 3.06. The first-order valence-electron chi connectivity index (χ1n) is 4.23. The predicted molar refractivity (Wildman–Crippen MR) is 54.4 cm³/mol. The van der Waals surface area contributed by atoms with Gasteiger partial charge in [-0.3, -0.25) is 4.98 Å². The van der Waals surface area contributed by atoms with Gasteiger partial charge in [0.25, 0.3) is 0 Å². The Hall–Kier alpha value is -1.45. The predicted octanol–water partition coefficient (Wildman–Crippen LogP) is 0.398. The highest BCUT2D eigenvalue weighted by atomic mass is 32.2. The van der Waals surface area contributed by atoms with Crippen LogP contribution in [0.5, 0.6) is 0 Å². The van der Waals surface area contributed by atoms with Crippen LogP contribution in [0.4, 0.5) is 0 Å². The molecule has 0 aromatic carbocycles. The third-order valence-corrected chi connectivity index (χ3v) is 3.63. The van der Waals surface area contributed by atoms with Crippen molar-refractivity contribution in [3.05, 3.63) is 24.0 Å². The van der Waals surface area contributed by atoms with Crippen LogP contribution >= 0.6 is 0 Å². The number of nitriles is 1. The molecule has 0 saturated heterocycles. The van der Waals surface area contributed by atoms with E-state index in [9.17, 15) is 8.42 Å². The van der Waals surface area contributed by atoms with Gasteiger partial charge in [0, 0.05) is 20.3 Å². The average Bonchev–Trinajstić information content (AvgIpc) is 2.19. The lowest BCUT2D eigenvalue weighted by Crippen LogP contribution is -2.22. The molecular weight excluding hydrogens is 214 g/mol. The fraction of sp³-hybridized carbons (Fsp3) is 0.333. The van der Waals surface area contributed by atoms with Gasteiger partial charge in [-0.15, -0.1) is 0 Å². The first-order chi connectivity index (χ1) is 6.98. The molecule has 5 nitrogen and oxygen atoms in total. The van der Waals surface area contributed by atoms with Crippen molar-refractivity contribution in [2.75, 3.05) is 14.1 Å². The number of rotatable bonds is 3. The zero-order valence-corrected chi connectivity index (χ0v) is 9.32. The molecule has 80 valence electrons. The summed E-state index contributed by atoms with van der Waals surface area (Å²) in [5.74, 6) is 0. The maximum atomic E-state index is 11.6. The first-order valence-corrected chi connectivity index (χ1v) is 5.67. The van der Waals surface area contributed by atoms with Crippen LogP contribution in [0.3, 0.4) is 0 Å². The van der Waals surface area contributed by atoms with Crippen LogP contribution in [0.25, 0.3) is 0 Å². The van der Waals surface area contributed by atoms with Gasteiger partial charge in [-0.1, -0.05) is 0 Å². The molecule has 0 aliphatic heterocycles. The molecular formula is C9H11N3O2S. The Labute approximate surface area is 89.0 Å². The summed E-state index contributed by atoms with van der Waals surface area (Å²) in [7, 11) is -0.507. The number of hydrogen-bond acceptors (Lipinski definition) is 4. The Morgan fingerprint density at radius 2 is 2.13 bits per heavy atom. The summed E-state index contributed by atoms with van der Waals surface area (Å²) in [6.45, 7) is 0. The lowest BCUT2D eigenvalue weighted by Gasteiger charge is -2.10. The third kappa shape index (κ3) is 2.52. The summed E-state index contributed by atoms with van der Waals surface area (Å²) in [6, 6.07) is 4.94. The second-order valence-corrected chi connectivity index (χ2v) is 5.26. The van der Waals surface area contributed by atoms with Crippen LogP contribution in [0.15, 0.2) is 23.2 Å². The SMILES string of the molecule is CN(C)S(=O)(=O)c1ccc(CC#N)nc1. The second kappa shape index (κ2) is 4.38. The zero-order chi connectivity index (χ0) is 11.5. The molecule has 0 fully saturated rings. The Morgan fingerprint density at radius 1 is 1.47 bits per heavy atom. The normalized spacial score (nSPS) is 11.3. The molecule has 15 heavy (non-hydrogen) atoms. The van der Waals surface area contributed by atoms with E-state index >= 15 is 0 Å². The number of aromatic nitrogens is 1. The summed E-state index contributed by atoms with van der Waals surface area (Å²) in [5, 5.41) is 8.42. The van der Waals surface area contributed by atoms with Crippen LogP contribution in [0, 0.1) is 11.3 Å². The minimum atomic E-state index is -3.42. The minimum Gasteiger partial charge on any atom is -0.259 e. The monoisotopic (exact) mass is 225 g/mol. The van der Waals surface area contributed by atoms with Crippen LogP contribution in [-0.4, -0.2) is 31.8 Å². The van der Waals surface area contributed by atoms with Gasteiger partial charge in [0.15, 0.2) is 0 Å². The van der Waals surface area contributed by atoms with Gasteiger partial charge in [0.2, 0.25) is 10.0 Å². The van der Waals surface area contributed by atoms with Crippen molar-refractivity contribution in [2.45, 2.75) is 11.3 Å². The number of nitrogens with zero attached hydrogens (tertiary/aromatic N) is 3. The van der Waals surface area contributed by atoms with Gasteiger partial charge in [-0.05, 0) is 12.1 Å². The summed E-state index contributed by atoms with van der Waals surface area (Å²) < 4.78 is 24.4. The smallest absolute Gasteiger partial charge is 0.244 e. The van der Waals surface area contributed by atoms with E-state index in [1.54, 1.807) is 6.07 Å². The van der Waals surface area contributed by atoms with Gasteiger partial charge in [-0.25, -0.2) is 12.7 Å². The van der Waals surface area contributed by atoms with Crippen LogP contribution < -0.4 is 0 Å². The largest absolute Gasteiger partial charge is 0.259 e. The first kappa shape index (κ1) is 11.6. The molecule has 1 rings (SSSR count). The summed E-state index contributed by atoms with van der Waals surface area (Å²) in [6.07, 6.45) is 1.45. The van der Waals surface area contributed by atoms with Crippen molar-refractivity contribution in [1.29, 1.82) is 5.26 Å². The van der Waals surface area contributed by atoms with Crippen molar-refractivity contribution in [1.82, 2.24) is 9.29 Å². The fourth-order valence-electron chi connectivity index (χ4n) is 0.960. The molecule has 0 bridgehead atoms. The van der Waals surface area contributed by atoms with Crippen molar-refractivity contribution in [2.24, 2.45) is 0 Å². The van der Waals surface area contributed by atoms with E-state index in [-0.39, 0.29) is 11.3 Å². The molecule has 0 radical (unpaired) electrons. The van der Waals surface area contributed by atoms with Crippen LogP contribution in [0.1, 0.15) is 5.69 Å². The molecule has 1 heterocycles. The van der Waals surface area contributed by atoms with Gasteiger partial charge in [0.05, 0.1) is 18.2 Å². The van der Waals surface area contributed by atoms with E-state index in [0.29, 0.717) is 5.69 Å². The summed E-state index contributed by atoms with van der Waals surface area (Å²) in [5.41, 5.74) is 0.565. The van der Waals surface area contributed by atoms with E-state index < -0.39 is 10.0 Å². The highest BCUT2D eigenvalue weighted by molar-refractivity contribution is 7.89. The number of sulfonamides is 1. The highest BCUT2D eigenvalue weighted by Crippen LogP contribution is 2.11. The molecule has 0 aliphatic carbocycles. The lowest BCUT2D eigenvalue weighted by molar-refractivity contribution is 0.520. The average molecular weight is 225 g/mol. The Morgan fingerprint density at radius 3 is 2.53 bits per heavy atom. The summed E-state index contributed by atoms with van der Waals surface area (Å²) >= 11 is 0. The molecule has 0 aliphatic rings. The van der Waals surface area contributed by atoms with Crippen molar-refractivity contribution < 1.29 is 8.42 Å². The van der Waals surface area contributed by atoms with Crippen molar-refractivity contribution in [3.8, 4) is 6.07 Å². The molecule has 0 saturated carbocycles. The Bertz CT molecular complexity index is 471. The molecule has 0 atom stereocenters. The van der Waals surface area contributed by atoms with Gasteiger partial charge in [0.1, 0.15) is 4.90 Å². The van der Waals surface area contributed by atoms with E-state index in [0.717, 1.165) is 4.31 Å². The van der Waals surface area contributed by atoms with Gasteiger partial charge < -0.3 is 0 Å². The second-order valence-electron chi connectivity index (χ2n) is 3.11. The molecule has 0 N–H and O–H groups in total. The minimum absolute atomic E-state index is 0.134. The molecule has 0 unspecified atom stereocenters. The molecule has 6 heteroatoms. The molecule has 1 aromatic rings. The van der Waals surface area contributed by atoms with E-state index in [1.807, 2.05) is 6.07 Å². The lowest BCUT2D eigenvalue weighted by atomic mass is 10.3. The topological polar surface area (TPSA) is 74.1 Å². The standard InChI is InChI=1S/C9H11N3O2S/c1-12(2)15(13,14)9-4-3-8(5-6-10)11-7-9/h3-4,7H,5H2,1-2H3. The molecule has 1 aromatic heterocycles. The summed E-state index contributed by atoms with van der Waals surface area (Å²) in [4.78, 5) is 4.02. The van der Waals surface area contributed by atoms with Crippen molar-refractivity contribution >= 4 is 10.0 Å². The quantitative estimate of drug-likeness (QED) is 0.746. The number of hydrogen-bond donors (Lipinski definition) is 0. The van der Waals surface area contributed by atoms with Crippen LogP contribution in [-0.2, 0) is 16.4 Å². The number of pyridine rings is 1.